The summed E-state index contributed by atoms with van der Waals surface area (Å²) in [7, 11) is 1.39. The highest BCUT2D eigenvalue weighted by atomic mass is 19.1. The largest absolute Gasteiger partial charge is 0.497 e. The highest BCUT2D eigenvalue weighted by molar-refractivity contribution is 5.32. The molecule has 19 heavy (non-hydrogen) atoms. The molecule has 0 heterocycles. The molecule has 1 rings (SSSR count). The monoisotopic (exact) mass is 271 g/mol. The highest BCUT2D eigenvalue weighted by Gasteiger charge is 2.25. The van der Waals surface area contributed by atoms with Gasteiger partial charge in [-0.3, -0.25) is 0 Å². The van der Waals surface area contributed by atoms with E-state index in [1.165, 1.54) is 19.2 Å². The van der Waals surface area contributed by atoms with Gasteiger partial charge in [0.1, 0.15) is 17.4 Å². The summed E-state index contributed by atoms with van der Waals surface area (Å²) in [6.07, 6.45) is 0.654. The van der Waals surface area contributed by atoms with Crippen molar-refractivity contribution in [3.05, 3.63) is 29.3 Å². The van der Waals surface area contributed by atoms with E-state index in [4.69, 9.17) is 4.74 Å². The van der Waals surface area contributed by atoms with Crippen LogP contribution in [-0.2, 0) is 0 Å². The summed E-state index contributed by atoms with van der Waals surface area (Å²) < 4.78 is 33.0. The number of hydrogen-bond donors (Lipinski definition) is 1. The fourth-order valence-electron chi connectivity index (χ4n) is 2.15. The SMILES string of the molecule is CCNC(CC(C)(C)C)c1c(F)cc(OC)cc1F. The van der Waals surface area contributed by atoms with Crippen molar-refractivity contribution in [3.8, 4) is 5.75 Å². The molecule has 4 heteroatoms. The molecule has 0 saturated carbocycles. The zero-order valence-electron chi connectivity index (χ0n) is 12.3. The van der Waals surface area contributed by atoms with E-state index in [9.17, 15) is 8.78 Å². The molecule has 0 bridgehead atoms. The van der Waals surface area contributed by atoms with Gasteiger partial charge in [-0.2, -0.15) is 0 Å². The Hall–Kier alpha value is -1.16. The van der Waals surface area contributed by atoms with Gasteiger partial charge in [0, 0.05) is 23.7 Å². The number of halogens is 2. The second-order valence-electron chi connectivity index (χ2n) is 5.88. The summed E-state index contributed by atoms with van der Waals surface area (Å²) in [5.74, 6) is -0.927. The third-order valence-corrected chi connectivity index (χ3v) is 2.90. The first-order valence-electron chi connectivity index (χ1n) is 6.54. The van der Waals surface area contributed by atoms with Crippen LogP contribution in [0.4, 0.5) is 8.78 Å². The quantitative estimate of drug-likeness (QED) is 0.872. The maximum Gasteiger partial charge on any atom is 0.134 e. The number of nitrogens with one attached hydrogen (secondary N) is 1. The van der Waals surface area contributed by atoms with Crippen molar-refractivity contribution in [1.29, 1.82) is 0 Å². The van der Waals surface area contributed by atoms with Gasteiger partial charge in [-0.1, -0.05) is 27.7 Å². The molecule has 1 N–H and O–H groups in total. The maximum absolute atomic E-state index is 14.1. The van der Waals surface area contributed by atoms with E-state index >= 15 is 0 Å². The number of hydrogen-bond acceptors (Lipinski definition) is 2. The topological polar surface area (TPSA) is 21.3 Å². The third-order valence-electron chi connectivity index (χ3n) is 2.90. The average molecular weight is 271 g/mol. The van der Waals surface area contributed by atoms with Gasteiger partial charge in [0.05, 0.1) is 7.11 Å². The molecule has 0 fully saturated rings. The average Bonchev–Trinajstić information content (AvgIpc) is 2.26. The number of methoxy groups -OCH3 is 1. The first-order chi connectivity index (χ1) is 8.78. The van der Waals surface area contributed by atoms with Gasteiger partial charge in [0.15, 0.2) is 0 Å². The van der Waals surface area contributed by atoms with Crippen molar-refractivity contribution in [3.63, 3.8) is 0 Å². The van der Waals surface area contributed by atoms with Gasteiger partial charge in [0.2, 0.25) is 0 Å². The number of benzene rings is 1. The normalized spacial score (nSPS) is 13.4. The fourth-order valence-corrected chi connectivity index (χ4v) is 2.15. The van der Waals surface area contributed by atoms with Gasteiger partial charge < -0.3 is 10.1 Å². The molecule has 0 radical (unpaired) electrons. The third kappa shape index (κ3) is 4.46. The summed E-state index contributed by atoms with van der Waals surface area (Å²) in [4.78, 5) is 0. The van der Waals surface area contributed by atoms with E-state index in [0.29, 0.717) is 13.0 Å². The number of rotatable bonds is 5. The van der Waals surface area contributed by atoms with E-state index in [2.05, 4.69) is 26.1 Å². The zero-order chi connectivity index (χ0) is 14.6. The minimum Gasteiger partial charge on any atom is -0.497 e. The van der Waals surface area contributed by atoms with Crippen LogP contribution in [0.2, 0.25) is 0 Å². The first-order valence-corrected chi connectivity index (χ1v) is 6.54. The van der Waals surface area contributed by atoms with Crippen molar-refractivity contribution in [2.75, 3.05) is 13.7 Å². The minimum absolute atomic E-state index is 0.0222. The van der Waals surface area contributed by atoms with Crippen molar-refractivity contribution in [1.82, 2.24) is 5.32 Å². The lowest BCUT2D eigenvalue weighted by Crippen LogP contribution is -2.27. The van der Waals surface area contributed by atoms with Crippen LogP contribution in [0.25, 0.3) is 0 Å². The lowest BCUT2D eigenvalue weighted by atomic mass is 9.85. The lowest BCUT2D eigenvalue weighted by molar-refractivity contribution is 0.303. The first kappa shape index (κ1) is 15.9. The van der Waals surface area contributed by atoms with Crippen LogP contribution in [0.3, 0.4) is 0 Å². The Morgan fingerprint density at radius 2 is 1.74 bits per heavy atom. The molecule has 1 aromatic rings. The zero-order valence-corrected chi connectivity index (χ0v) is 12.3. The number of ether oxygens (including phenoxy) is 1. The minimum atomic E-state index is -0.563. The van der Waals surface area contributed by atoms with Gasteiger partial charge in [-0.25, -0.2) is 8.78 Å². The Bertz CT molecular complexity index is 404. The summed E-state index contributed by atoms with van der Waals surface area (Å²) >= 11 is 0. The molecular formula is C15H23F2NO. The maximum atomic E-state index is 14.1. The molecule has 108 valence electrons. The fraction of sp³-hybridized carbons (Fsp3) is 0.600. The van der Waals surface area contributed by atoms with Gasteiger partial charge in [-0.05, 0) is 18.4 Å². The molecule has 0 aliphatic carbocycles. The molecule has 0 aliphatic rings. The van der Waals surface area contributed by atoms with E-state index in [-0.39, 0.29) is 22.8 Å². The molecule has 2 nitrogen and oxygen atoms in total. The van der Waals surface area contributed by atoms with Crippen molar-refractivity contribution >= 4 is 0 Å². The Morgan fingerprint density at radius 3 is 2.11 bits per heavy atom. The highest BCUT2D eigenvalue weighted by Crippen LogP contribution is 2.33. The summed E-state index contributed by atoms with van der Waals surface area (Å²) in [5, 5.41) is 3.15. The molecular weight excluding hydrogens is 248 g/mol. The van der Waals surface area contributed by atoms with Gasteiger partial charge in [0.25, 0.3) is 0 Å². The van der Waals surface area contributed by atoms with Crippen LogP contribution in [-0.4, -0.2) is 13.7 Å². The molecule has 0 aliphatic heterocycles. The lowest BCUT2D eigenvalue weighted by Gasteiger charge is -2.27. The van der Waals surface area contributed by atoms with Crippen molar-refractivity contribution in [2.24, 2.45) is 5.41 Å². The molecule has 0 amide bonds. The van der Waals surface area contributed by atoms with E-state index < -0.39 is 11.6 Å². The Morgan fingerprint density at radius 1 is 1.21 bits per heavy atom. The van der Waals surface area contributed by atoms with Crippen LogP contribution in [0, 0.1) is 17.0 Å². The second-order valence-corrected chi connectivity index (χ2v) is 5.88. The second kappa shape index (κ2) is 6.33. The van der Waals surface area contributed by atoms with Crippen LogP contribution in [0.1, 0.15) is 45.7 Å². The van der Waals surface area contributed by atoms with E-state index in [1.807, 2.05) is 6.92 Å². The molecule has 1 atom stereocenters. The van der Waals surface area contributed by atoms with Crippen LogP contribution in [0.5, 0.6) is 5.75 Å². The molecule has 0 saturated heterocycles. The smallest absolute Gasteiger partial charge is 0.134 e. The predicted molar refractivity (Wildman–Crippen MR) is 73.4 cm³/mol. The van der Waals surface area contributed by atoms with Gasteiger partial charge >= 0.3 is 0 Å². The predicted octanol–water partition coefficient (Wildman–Crippen LogP) is 4.06. The standard InChI is InChI=1S/C15H23F2NO/c1-6-18-13(9-15(2,3)4)14-11(16)7-10(19-5)8-12(14)17/h7-8,13,18H,6,9H2,1-5H3. The van der Waals surface area contributed by atoms with E-state index in [1.54, 1.807) is 0 Å². The molecule has 0 aromatic heterocycles. The summed E-state index contributed by atoms with van der Waals surface area (Å²) in [6, 6.07) is 2.12. The van der Waals surface area contributed by atoms with Crippen molar-refractivity contribution < 1.29 is 13.5 Å². The Kier molecular flexibility index (Phi) is 5.29. The molecule has 1 aromatic carbocycles. The molecule has 0 spiro atoms. The summed E-state index contributed by atoms with van der Waals surface area (Å²) in [5.41, 5.74) is 0.0728. The van der Waals surface area contributed by atoms with Crippen LogP contribution in [0.15, 0.2) is 12.1 Å². The molecule has 1 unspecified atom stereocenters. The van der Waals surface area contributed by atoms with Gasteiger partial charge in [-0.15, -0.1) is 0 Å². The van der Waals surface area contributed by atoms with Crippen LogP contribution < -0.4 is 10.1 Å². The summed E-state index contributed by atoms with van der Waals surface area (Å²) in [6.45, 7) is 8.74. The van der Waals surface area contributed by atoms with Crippen molar-refractivity contribution in [2.45, 2.75) is 40.2 Å². The van der Waals surface area contributed by atoms with E-state index in [0.717, 1.165) is 0 Å². The van der Waals surface area contributed by atoms with Crippen LogP contribution >= 0.6 is 0 Å². The Labute approximate surface area is 114 Å². The Balaban J connectivity index is 3.15.